The summed E-state index contributed by atoms with van der Waals surface area (Å²) in [7, 11) is 1.39. The number of carbonyl (C=O) groups is 1. The van der Waals surface area contributed by atoms with E-state index in [4.69, 9.17) is 0 Å². The Hall–Kier alpha value is -0.570. The lowest BCUT2D eigenvalue weighted by molar-refractivity contribution is -0.141. The molecule has 0 bridgehead atoms. The zero-order valence-electron chi connectivity index (χ0n) is 13.5. The van der Waals surface area contributed by atoms with Gasteiger partial charge in [0.15, 0.2) is 0 Å². The molecule has 1 unspecified atom stereocenters. The molecule has 0 aromatic heterocycles. The van der Waals surface area contributed by atoms with Gasteiger partial charge in [-0.2, -0.15) is 0 Å². The normalized spacial score (nSPS) is 12.3. The minimum absolute atomic E-state index is 0.230. The summed E-state index contributed by atoms with van der Waals surface area (Å²) in [5.41, 5.74) is 0. The zero-order valence-corrected chi connectivity index (χ0v) is 13.5. The first kappa shape index (κ1) is 19.4. The molecule has 1 N–H and O–H groups in total. The Morgan fingerprint density at radius 1 is 0.900 bits per heavy atom. The van der Waals surface area contributed by atoms with E-state index in [0.29, 0.717) is 12.8 Å². The fourth-order valence-corrected chi connectivity index (χ4v) is 2.40. The lowest BCUT2D eigenvalue weighted by Crippen LogP contribution is -2.10. The smallest absolute Gasteiger partial charge is 0.305 e. The predicted molar refractivity (Wildman–Crippen MR) is 83.7 cm³/mol. The van der Waals surface area contributed by atoms with Gasteiger partial charge in [0.1, 0.15) is 0 Å². The highest BCUT2D eigenvalue weighted by atomic mass is 16.5. The number of hydrogen-bond donors (Lipinski definition) is 1. The Labute approximate surface area is 125 Å². The van der Waals surface area contributed by atoms with Gasteiger partial charge in [-0.15, -0.1) is 0 Å². The monoisotopic (exact) mass is 286 g/mol. The molecule has 20 heavy (non-hydrogen) atoms. The molecule has 3 heteroatoms. The predicted octanol–water partition coefficient (Wildman–Crippen LogP) is 4.61. The fraction of sp³-hybridized carbons (Fsp3) is 0.941. The van der Waals surface area contributed by atoms with Gasteiger partial charge in [0, 0.05) is 6.42 Å². The minimum atomic E-state index is -0.344. The molecular formula is C17H34O3. The van der Waals surface area contributed by atoms with Crippen molar-refractivity contribution in [3.63, 3.8) is 0 Å². The molecule has 0 amide bonds. The summed E-state index contributed by atoms with van der Waals surface area (Å²) in [6.45, 7) is 2.25. The van der Waals surface area contributed by atoms with E-state index in [-0.39, 0.29) is 12.1 Å². The molecule has 0 aromatic carbocycles. The molecule has 0 spiro atoms. The van der Waals surface area contributed by atoms with Crippen LogP contribution in [0.15, 0.2) is 0 Å². The van der Waals surface area contributed by atoms with Crippen LogP contribution in [0, 0.1) is 0 Å². The van der Waals surface area contributed by atoms with Crippen molar-refractivity contribution in [2.24, 2.45) is 0 Å². The van der Waals surface area contributed by atoms with Crippen LogP contribution >= 0.6 is 0 Å². The molecule has 0 radical (unpaired) electrons. The Bertz CT molecular complexity index is 216. The summed E-state index contributed by atoms with van der Waals surface area (Å²) < 4.78 is 4.56. The first-order valence-electron chi connectivity index (χ1n) is 8.45. The van der Waals surface area contributed by atoms with E-state index in [1.54, 1.807) is 0 Å². The summed E-state index contributed by atoms with van der Waals surface area (Å²) in [5.74, 6) is -0.230. The largest absolute Gasteiger partial charge is 0.469 e. The van der Waals surface area contributed by atoms with Crippen LogP contribution < -0.4 is 0 Å². The molecule has 0 fully saturated rings. The van der Waals surface area contributed by atoms with E-state index in [0.717, 1.165) is 12.8 Å². The average molecular weight is 286 g/mol. The Morgan fingerprint density at radius 2 is 1.40 bits per heavy atom. The molecule has 0 saturated carbocycles. The number of rotatable bonds is 14. The van der Waals surface area contributed by atoms with Gasteiger partial charge >= 0.3 is 5.97 Å². The van der Waals surface area contributed by atoms with Crippen LogP contribution in [0.1, 0.15) is 90.4 Å². The van der Waals surface area contributed by atoms with E-state index < -0.39 is 0 Å². The molecular weight excluding hydrogens is 252 g/mol. The molecule has 0 aliphatic heterocycles. The maximum absolute atomic E-state index is 10.9. The average Bonchev–Trinajstić information content (AvgIpc) is 2.46. The van der Waals surface area contributed by atoms with Crippen LogP contribution in [0.5, 0.6) is 0 Å². The van der Waals surface area contributed by atoms with Crippen molar-refractivity contribution in [2.75, 3.05) is 7.11 Å². The molecule has 120 valence electrons. The van der Waals surface area contributed by atoms with Gasteiger partial charge in [-0.3, -0.25) is 4.79 Å². The zero-order chi connectivity index (χ0) is 15.1. The van der Waals surface area contributed by atoms with E-state index in [1.165, 1.54) is 64.9 Å². The van der Waals surface area contributed by atoms with Crippen molar-refractivity contribution in [3.05, 3.63) is 0 Å². The van der Waals surface area contributed by atoms with Crippen molar-refractivity contribution in [1.29, 1.82) is 0 Å². The Morgan fingerprint density at radius 3 is 1.90 bits per heavy atom. The minimum Gasteiger partial charge on any atom is -0.469 e. The summed E-state index contributed by atoms with van der Waals surface area (Å²) in [6.07, 6.45) is 14.4. The second-order valence-corrected chi connectivity index (χ2v) is 5.74. The highest BCUT2D eigenvalue weighted by Crippen LogP contribution is 2.13. The van der Waals surface area contributed by atoms with Crippen LogP contribution in [-0.4, -0.2) is 24.3 Å². The molecule has 0 heterocycles. The summed E-state index contributed by atoms with van der Waals surface area (Å²) >= 11 is 0. The van der Waals surface area contributed by atoms with Gasteiger partial charge in [-0.25, -0.2) is 0 Å². The molecule has 0 aromatic rings. The van der Waals surface area contributed by atoms with Crippen LogP contribution in [0.4, 0.5) is 0 Å². The summed E-state index contributed by atoms with van der Waals surface area (Å²) in [4.78, 5) is 10.9. The lowest BCUT2D eigenvalue weighted by atomic mass is 10.0. The molecule has 0 aliphatic rings. The van der Waals surface area contributed by atoms with Crippen LogP contribution in [-0.2, 0) is 9.53 Å². The van der Waals surface area contributed by atoms with Crippen molar-refractivity contribution in [1.82, 2.24) is 0 Å². The SMILES string of the molecule is CCCCCCCCCCCCC(O)CCC(=O)OC. The summed E-state index contributed by atoms with van der Waals surface area (Å²) in [5, 5.41) is 9.71. The highest BCUT2D eigenvalue weighted by molar-refractivity contribution is 5.69. The first-order valence-corrected chi connectivity index (χ1v) is 8.45. The number of esters is 1. The van der Waals surface area contributed by atoms with Gasteiger partial charge < -0.3 is 9.84 Å². The number of methoxy groups -OCH3 is 1. The van der Waals surface area contributed by atoms with Crippen molar-refractivity contribution >= 4 is 5.97 Å². The van der Waals surface area contributed by atoms with Gasteiger partial charge in [0.2, 0.25) is 0 Å². The third-order valence-corrected chi connectivity index (χ3v) is 3.80. The lowest BCUT2D eigenvalue weighted by Gasteiger charge is -2.09. The van der Waals surface area contributed by atoms with Gasteiger partial charge in [-0.1, -0.05) is 71.1 Å². The maximum atomic E-state index is 10.9. The van der Waals surface area contributed by atoms with E-state index >= 15 is 0 Å². The van der Waals surface area contributed by atoms with Crippen LogP contribution in [0.25, 0.3) is 0 Å². The first-order chi connectivity index (χ1) is 9.70. The Kier molecular flexibility index (Phi) is 14.4. The van der Waals surface area contributed by atoms with Crippen molar-refractivity contribution < 1.29 is 14.6 Å². The summed E-state index contributed by atoms with van der Waals surface area (Å²) in [6, 6.07) is 0. The van der Waals surface area contributed by atoms with Crippen molar-refractivity contribution in [2.45, 2.75) is 96.5 Å². The molecule has 0 rings (SSSR count). The van der Waals surface area contributed by atoms with Crippen LogP contribution in [0.2, 0.25) is 0 Å². The molecule has 3 nitrogen and oxygen atoms in total. The fourth-order valence-electron chi connectivity index (χ4n) is 2.40. The van der Waals surface area contributed by atoms with Gasteiger partial charge in [0.05, 0.1) is 13.2 Å². The number of unbranched alkanes of at least 4 members (excludes halogenated alkanes) is 9. The number of aliphatic hydroxyl groups excluding tert-OH is 1. The number of hydrogen-bond acceptors (Lipinski definition) is 3. The molecule has 0 saturated heterocycles. The highest BCUT2D eigenvalue weighted by Gasteiger charge is 2.07. The number of ether oxygens (including phenoxy) is 1. The maximum Gasteiger partial charge on any atom is 0.305 e. The van der Waals surface area contributed by atoms with Crippen molar-refractivity contribution in [3.8, 4) is 0 Å². The molecule has 1 atom stereocenters. The van der Waals surface area contributed by atoms with E-state index in [2.05, 4.69) is 11.7 Å². The van der Waals surface area contributed by atoms with E-state index in [9.17, 15) is 9.90 Å². The standard InChI is InChI=1S/C17H34O3/c1-3-4-5-6-7-8-9-10-11-12-13-16(18)14-15-17(19)20-2/h16,18H,3-15H2,1-2H3. The number of aliphatic hydroxyl groups is 1. The third-order valence-electron chi connectivity index (χ3n) is 3.80. The topological polar surface area (TPSA) is 46.5 Å². The van der Waals surface area contributed by atoms with Crippen LogP contribution in [0.3, 0.4) is 0 Å². The van der Waals surface area contributed by atoms with Gasteiger partial charge in [0.25, 0.3) is 0 Å². The second kappa shape index (κ2) is 14.8. The Balaban J connectivity index is 3.17. The second-order valence-electron chi connectivity index (χ2n) is 5.74. The molecule has 0 aliphatic carbocycles. The van der Waals surface area contributed by atoms with E-state index in [1.807, 2.05) is 0 Å². The number of carbonyl (C=O) groups excluding carboxylic acids is 1. The quantitative estimate of drug-likeness (QED) is 0.374. The van der Waals surface area contributed by atoms with Gasteiger partial charge in [-0.05, 0) is 12.8 Å². The third kappa shape index (κ3) is 13.9.